The van der Waals surface area contributed by atoms with E-state index in [-0.39, 0.29) is 0 Å². The van der Waals surface area contributed by atoms with Crippen molar-refractivity contribution >= 4 is 28.1 Å². The first-order valence-electron chi connectivity index (χ1n) is 9.00. The van der Waals surface area contributed by atoms with Crippen molar-refractivity contribution in [3.8, 4) is 0 Å². The summed E-state index contributed by atoms with van der Waals surface area (Å²) in [5.41, 5.74) is 3.45. The van der Waals surface area contributed by atoms with Crippen molar-refractivity contribution in [3.63, 3.8) is 0 Å². The number of hydrogen-bond acceptors (Lipinski definition) is 6. The van der Waals surface area contributed by atoms with Crippen molar-refractivity contribution in [1.29, 1.82) is 0 Å². The molecule has 0 unspecified atom stereocenters. The quantitative estimate of drug-likeness (QED) is 0.690. The van der Waals surface area contributed by atoms with Crippen molar-refractivity contribution in [2.24, 2.45) is 0 Å². The lowest BCUT2D eigenvalue weighted by molar-refractivity contribution is 0.122. The van der Waals surface area contributed by atoms with Crippen LogP contribution in [0, 0.1) is 6.92 Å². The highest BCUT2D eigenvalue weighted by atomic mass is 32.1. The third kappa shape index (κ3) is 3.87. The van der Waals surface area contributed by atoms with Crippen LogP contribution in [0.3, 0.4) is 0 Å². The molecule has 0 radical (unpaired) electrons. The fourth-order valence-electron chi connectivity index (χ4n) is 3.42. The zero-order valence-electron chi connectivity index (χ0n) is 15.3. The zero-order chi connectivity index (χ0) is 17.9. The molecule has 1 aliphatic heterocycles. The number of rotatable bonds is 5. The number of nitrogens with zero attached hydrogens (tertiary/aromatic N) is 4. The summed E-state index contributed by atoms with van der Waals surface area (Å²) in [5, 5.41) is 4.46. The van der Waals surface area contributed by atoms with E-state index in [0.717, 1.165) is 61.4 Å². The van der Waals surface area contributed by atoms with Crippen LogP contribution in [0.2, 0.25) is 0 Å². The number of benzene rings is 1. The summed E-state index contributed by atoms with van der Waals surface area (Å²) in [5.74, 6) is 1.09. The van der Waals surface area contributed by atoms with E-state index in [9.17, 15) is 0 Å². The molecular weight excluding hydrogens is 344 g/mol. The normalized spacial score (nSPS) is 15.1. The number of pyridine rings is 1. The standard InChI is InChI=1S/C20H24N4OS/c1-15-21-18(14-26-15)13-23(2)12-17-11-16-5-3-4-6-19(16)22-20(17)24-7-9-25-10-8-24/h3-6,11,14H,7-10,12-13H2,1-2H3. The van der Waals surface area contributed by atoms with Gasteiger partial charge in [0, 0.05) is 42.5 Å². The third-order valence-electron chi connectivity index (χ3n) is 4.63. The molecule has 0 spiro atoms. The van der Waals surface area contributed by atoms with Gasteiger partial charge >= 0.3 is 0 Å². The molecule has 0 atom stereocenters. The second kappa shape index (κ2) is 7.70. The highest BCUT2D eigenvalue weighted by Gasteiger charge is 2.18. The van der Waals surface area contributed by atoms with E-state index in [1.54, 1.807) is 11.3 Å². The summed E-state index contributed by atoms with van der Waals surface area (Å²) >= 11 is 1.71. The Morgan fingerprint density at radius 1 is 1.15 bits per heavy atom. The molecule has 1 saturated heterocycles. The van der Waals surface area contributed by atoms with Gasteiger partial charge in [-0.3, -0.25) is 4.90 Å². The van der Waals surface area contributed by atoms with Crippen molar-refractivity contribution in [3.05, 3.63) is 52.0 Å². The average Bonchev–Trinajstić information content (AvgIpc) is 3.06. The van der Waals surface area contributed by atoms with Crippen LogP contribution in [-0.4, -0.2) is 48.2 Å². The van der Waals surface area contributed by atoms with Crippen LogP contribution in [-0.2, 0) is 17.8 Å². The Kier molecular flexibility index (Phi) is 5.15. The molecule has 0 bridgehead atoms. The molecule has 2 aromatic heterocycles. The van der Waals surface area contributed by atoms with Gasteiger partial charge in [-0.2, -0.15) is 0 Å². The molecule has 1 aromatic carbocycles. The monoisotopic (exact) mass is 368 g/mol. The van der Waals surface area contributed by atoms with Crippen LogP contribution in [0.4, 0.5) is 5.82 Å². The van der Waals surface area contributed by atoms with Gasteiger partial charge < -0.3 is 9.64 Å². The fourth-order valence-corrected chi connectivity index (χ4v) is 4.02. The molecule has 0 N–H and O–H groups in total. The van der Waals surface area contributed by atoms with Gasteiger partial charge in [-0.05, 0) is 26.1 Å². The summed E-state index contributed by atoms with van der Waals surface area (Å²) in [6, 6.07) is 10.6. The molecule has 1 fully saturated rings. The number of morpholine rings is 1. The summed E-state index contributed by atoms with van der Waals surface area (Å²) in [6.45, 7) is 7.07. The maximum Gasteiger partial charge on any atom is 0.133 e. The lowest BCUT2D eigenvalue weighted by Gasteiger charge is -2.30. The van der Waals surface area contributed by atoms with E-state index >= 15 is 0 Å². The number of thiazole rings is 1. The van der Waals surface area contributed by atoms with E-state index in [0.29, 0.717) is 0 Å². The van der Waals surface area contributed by atoms with E-state index in [4.69, 9.17) is 9.72 Å². The number of anilines is 1. The Balaban J connectivity index is 1.62. The molecule has 136 valence electrons. The summed E-state index contributed by atoms with van der Waals surface area (Å²) in [4.78, 5) is 14.2. The minimum Gasteiger partial charge on any atom is -0.378 e. The second-order valence-electron chi connectivity index (χ2n) is 6.79. The minimum absolute atomic E-state index is 0.766. The Bertz CT molecular complexity index is 888. The molecule has 1 aliphatic rings. The molecule has 3 aromatic rings. The molecule has 26 heavy (non-hydrogen) atoms. The van der Waals surface area contributed by atoms with Crippen molar-refractivity contribution in [2.75, 3.05) is 38.3 Å². The number of fused-ring (bicyclic) bond motifs is 1. The van der Waals surface area contributed by atoms with Gasteiger partial charge in [0.25, 0.3) is 0 Å². The summed E-state index contributed by atoms with van der Waals surface area (Å²) < 4.78 is 5.52. The van der Waals surface area contributed by atoms with E-state index in [2.05, 4.69) is 64.5 Å². The lowest BCUT2D eigenvalue weighted by atomic mass is 10.1. The van der Waals surface area contributed by atoms with Crippen LogP contribution in [0.5, 0.6) is 0 Å². The molecule has 0 amide bonds. The number of aryl methyl sites for hydroxylation is 1. The maximum atomic E-state index is 5.52. The number of para-hydroxylation sites is 1. The number of hydrogen-bond donors (Lipinski definition) is 0. The first-order chi connectivity index (χ1) is 12.7. The number of ether oxygens (including phenoxy) is 1. The minimum atomic E-state index is 0.766. The smallest absolute Gasteiger partial charge is 0.133 e. The molecule has 3 heterocycles. The topological polar surface area (TPSA) is 41.5 Å². The first-order valence-corrected chi connectivity index (χ1v) is 9.88. The maximum absolute atomic E-state index is 5.52. The average molecular weight is 369 g/mol. The Morgan fingerprint density at radius 2 is 1.96 bits per heavy atom. The molecule has 0 saturated carbocycles. The largest absolute Gasteiger partial charge is 0.378 e. The van der Waals surface area contributed by atoms with Crippen LogP contribution >= 0.6 is 11.3 Å². The van der Waals surface area contributed by atoms with Gasteiger partial charge in [0.15, 0.2) is 0 Å². The fraction of sp³-hybridized carbons (Fsp3) is 0.400. The molecule has 4 rings (SSSR count). The van der Waals surface area contributed by atoms with Crippen LogP contribution in [0.25, 0.3) is 10.9 Å². The Hall–Kier alpha value is -2.02. The Morgan fingerprint density at radius 3 is 2.73 bits per heavy atom. The van der Waals surface area contributed by atoms with Gasteiger partial charge in [-0.25, -0.2) is 9.97 Å². The number of aromatic nitrogens is 2. The van der Waals surface area contributed by atoms with E-state index in [1.165, 1.54) is 10.9 Å². The van der Waals surface area contributed by atoms with E-state index < -0.39 is 0 Å². The predicted molar refractivity (Wildman–Crippen MR) is 107 cm³/mol. The first kappa shape index (κ1) is 17.4. The molecule has 6 heteroatoms. The third-order valence-corrected chi connectivity index (χ3v) is 5.45. The highest BCUT2D eigenvalue weighted by molar-refractivity contribution is 7.09. The van der Waals surface area contributed by atoms with Crippen molar-refractivity contribution in [1.82, 2.24) is 14.9 Å². The van der Waals surface area contributed by atoms with Crippen molar-refractivity contribution < 1.29 is 4.74 Å². The summed E-state index contributed by atoms with van der Waals surface area (Å²) in [6.07, 6.45) is 0. The lowest BCUT2D eigenvalue weighted by Crippen LogP contribution is -2.37. The molecule has 5 nitrogen and oxygen atoms in total. The van der Waals surface area contributed by atoms with Crippen LogP contribution < -0.4 is 4.90 Å². The van der Waals surface area contributed by atoms with Gasteiger partial charge in [0.05, 0.1) is 29.4 Å². The van der Waals surface area contributed by atoms with Gasteiger partial charge in [-0.1, -0.05) is 18.2 Å². The van der Waals surface area contributed by atoms with Gasteiger partial charge in [-0.15, -0.1) is 11.3 Å². The van der Waals surface area contributed by atoms with Gasteiger partial charge in [0.2, 0.25) is 0 Å². The molecular formula is C20H24N4OS. The van der Waals surface area contributed by atoms with Crippen molar-refractivity contribution in [2.45, 2.75) is 20.0 Å². The SMILES string of the molecule is Cc1nc(CN(C)Cc2cc3ccccc3nc2N2CCOCC2)cs1. The predicted octanol–water partition coefficient (Wildman–Crippen LogP) is 3.47. The summed E-state index contributed by atoms with van der Waals surface area (Å²) in [7, 11) is 2.15. The van der Waals surface area contributed by atoms with Crippen LogP contribution in [0.15, 0.2) is 35.7 Å². The zero-order valence-corrected chi connectivity index (χ0v) is 16.1. The van der Waals surface area contributed by atoms with E-state index in [1.807, 2.05) is 0 Å². The Labute approximate surface area is 158 Å². The van der Waals surface area contributed by atoms with Crippen LogP contribution in [0.1, 0.15) is 16.3 Å². The highest BCUT2D eigenvalue weighted by Crippen LogP contribution is 2.26. The molecule has 0 aliphatic carbocycles. The second-order valence-corrected chi connectivity index (χ2v) is 7.86. The van der Waals surface area contributed by atoms with Gasteiger partial charge in [0.1, 0.15) is 5.82 Å².